The van der Waals surface area contributed by atoms with Crippen molar-refractivity contribution < 1.29 is 4.74 Å². The topological polar surface area (TPSA) is 38.5 Å². The van der Waals surface area contributed by atoms with Gasteiger partial charge in [-0.2, -0.15) is 0 Å². The lowest BCUT2D eigenvalue weighted by molar-refractivity contribution is 0.0643. The van der Waals surface area contributed by atoms with Crippen LogP contribution in [0.15, 0.2) is 18.2 Å². The number of anilines is 2. The van der Waals surface area contributed by atoms with Gasteiger partial charge >= 0.3 is 0 Å². The lowest BCUT2D eigenvalue weighted by Crippen LogP contribution is -2.53. The first-order valence-corrected chi connectivity index (χ1v) is 5.72. The highest BCUT2D eigenvalue weighted by Gasteiger charge is 2.31. The normalized spacial score (nSPS) is 19.8. The number of benzene rings is 1. The van der Waals surface area contributed by atoms with Crippen LogP contribution in [0.3, 0.4) is 0 Å². The molecule has 3 heteroatoms. The van der Waals surface area contributed by atoms with Crippen molar-refractivity contribution in [2.45, 2.75) is 26.3 Å². The van der Waals surface area contributed by atoms with E-state index < -0.39 is 0 Å². The average Bonchev–Trinajstić information content (AvgIpc) is 2.19. The summed E-state index contributed by atoms with van der Waals surface area (Å²) in [7, 11) is 0. The van der Waals surface area contributed by atoms with Crippen molar-refractivity contribution in [2.75, 3.05) is 30.4 Å². The van der Waals surface area contributed by atoms with E-state index in [2.05, 4.69) is 31.7 Å². The van der Waals surface area contributed by atoms with Crippen LogP contribution in [-0.2, 0) is 4.74 Å². The number of hydrogen-bond donors (Lipinski definition) is 1. The molecule has 88 valence electrons. The zero-order valence-corrected chi connectivity index (χ0v) is 10.3. The van der Waals surface area contributed by atoms with Crippen LogP contribution < -0.4 is 10.6 Å². The number of nitrogen functional groups attached to an aromatic ring is 1. The van der Waals surface area contributed by atoms with Gasteiger partial charge in [-0.15, -0.1) is 0 Å². The number of aryl methyl sites for hydroxylation is 1. The Morgan fingerprint density at radius 1 is 1.38 bits per heavy atom. The average molecular weight is 220 g/mol. The lowest BCUT2D eigenvalue weighted by atomic mass is 10.00. The maximum atomic E-state index is 5.78. The van der Waals surface area contributed by atoms with Gasteiger partial charge in [-0.05, 0) is 44.5 Å². The molecule has 1 aliphatic heterocycles. The molecule has 1 aromatic rings. The Labute approximate surface area is 97.2 Å². The van der Waals surface area contributed by atoms with Crippen LogP contribution in [0.1, 0.15) is 19.4 Å². The molecule has 0 unspecified atom stereocenters. The van der Waals surface area contributed by atoms with Gasteiger partial charge in [-0.1, -0.05) is 0 Å². The molecule has 0 bridgehead atoms. The second-order valence-corrected chi connectivity index (χ2v) is 5.06. The van der Waals surface area contributed by atoms with E-state index in [4.69, 9.17) is 10.5 Å². The second kappa shape index (κ2) is 3.98. The molecule has 1 aliphatic rings. The van der Waals surface area contributed by atoms with Crippen molar-refractivity contribution in [3.8, 4) is 0 Å². The monoisotopic (exact) mass is 220 g/mol. The molecule has 0 saturated carbocycles. The highest BCUT2D eigenvalue weighted by atomic mass is 16.5. The van der Waals surface area contributed by atoms with Gasteiger partial charge in [0, 0.05) is 17.9 Å². The van der Waals surface area contributed by atoms with E-state index in [1.165, 1.54) is 11.3 Å². The van der Waals surface area contributed by atoms with Crippen molar-refractivity contribution in [2.24, 2.45) is 0 Å². The minimum Gasteiger partial charge on any atom is -0.399 e. The fourth-order valence-electron chi connectivity index (χ4n) is 2.29. The predicted octanol–water partition coefficient (Wildman–Crippen LogP) is 2.19. The fraction of sp³-hybridized carbons (Fsp3) is 0.538. The number of nitrogens with zero attached hydrogens (tertiary/aromatic N) is 1. The predicted molar refractivity (Wildman–Crippen MR) is 67.8 cm³/mol. The summed E-state index contributed by atoms with van der Waals surface area (Å²) in [6.45, 7) is 9.04. The smallest absolute Gasteiger partial charge is 0.0694 e. The van der Waals surface area contributed by atoms with Gasteiger partial charge in [0.2, 0.25) is 0 Å². The van der Waals surface area contributed by atoms with Crippen molar-refractivity contribution in [3.63, 3.8) is 0 Å². The van der Waals surface area contributed by atoms with Crippen LogP contribution in [-0.4, -0.2) is 25.3 Å². The van der Waals surface area contributed by atoms with Crippen molar-refractivity contribution in [1.82, 2.24) is 0 Å². The van der Waals surface area contributed by atoms with Gasteiger partial charge in [0.1, 0.15) is 0 Å². The first-order chi connectivity index (χ1) is 7.50. The number of rotatable bonds is 1. The molecule has 0 aromatic heterocycles. The van der Waals surface area contributed by atoms with E-state index in [0.29, 0.717) is 0 Å². The lowest BCUT2D eigenvalue weighted by Gasteiger charge is -2.44. The summed E-state index contributed by atoms with van der Waals surface area (Å²) < 4.78 is 5.53. The van der Waals surface area contributed by atoms with E-state index in [1.54, 1.807) is 0 Å². The largest absolute Gasteiger partial charge is 0.399 e. The Balaban J connectivity index is 2.35. The summed E-state index contributed by atoms with van der Waals surface area (Å²) in [5, 5.41) is 0. The Morgan fingerprint density at radius 3 is 2.75 bits per heavy atom. The SMILES string of the molecule is Cc1cc(N)ccc1N1CCOCC1(C)C. The Bertz CT molecular complexity index is 388. The molecular weight excluding hydrogens is 200 g/mol. The fourth-order valence-corrected chi connectivity index (χ4v) is 2.29. The summed E-state index contributed by atoms with van der Waals surface area (Å²) in [5.41, 5.74) is 9.16. The zero-order chi connectivity index (χ0) is 11.8. The first kappa shape index (κ1) is 11.3. The summed E-state index contributed by atoms with van der Waals surface area (Å²) in [4.78, 5) is 2.41. The molecule has 16 heavy (non-hydrogen) atoms. The first-order valence-electron chi connectivity index (χ1n) is 5.72. The van der Waals surface area contributed by atoms with Crippen LogP contribution in [0.25, 0.3) is 0 Å². The van der Waals surface area contributed by atoms with Crippen LogP contribution >= 0.6 is 0 Å². The number of ether oxygens (including phenoxy) is 1. The van der Waals surface area contributed by atoms with Gasteiger partial charge in [0.15, 0.2) is 0 Å². The van der Waals surface area contributed by atoms with Gasteiger partial charge in [-0.3, -0.25) is 0 Å². The second-order valence-electron chi connectivity index (χ2n) is 5.06. The van der Waals surface area contributed by atoms with E-state index in [1.807, 2.05) is 12.1 Å². The van der Waals surface area contributed by atoms with Crippen LogP contribution in [0, 0.1) is 6.92 Å². The maximum absolute atomic E-state index is 5.78. The number of morpholine rings is 1. The van der Waals surface area contributed by atoms with E-state index in [-0.39, 0.29) is 5.54 Å². The molecule has 1 heterocycles. The molecule has 1 aromatic carbocycles. The quantitative estimate of drug-likeness (QED) is 0.737. The van der Waals surface area contributed by atoms with Gasteiger partial charge in [-0.25, -0.2) is 0 Å². The molecule has 1 fully saturated rings. The van der Waals surface area contributed by atoms with Crippen LogP contribution in [0.4, 0.5) is 11.4 Å². The van der Waals surface area contributed by atoms with E-state index >= 15 is 0 Å². The van der Waals surface area contributed by atoms with Crippen molar-refractivity contribution >= 4 is 11.4 Å². The third kappa shape index (κ3) is 2.00. The van der Waals surface area contributed by atoms with Gasteiger partial charge in [0.05, 0.1) is 18.8 Å². The van der Waals surface area contributed by atoms with Crippen molar-refractivity contribution in [1.29, 1.82) is 0 Å². The molecule has 1 saturated heterocycles. The molecule has 3 nitrogen and oxygen atoms in total. The standard InChI is InChI=1S/C13H20N2O/c1-10-8-11(14)4-5-12(10)15-6-7-16-9-13(15,2)3/h4-5,8H,6-7,9,14H2,1-3H3. The molecular formula is C13H20N2O. The molecule has 0 amide bonds. The van der Waals surface area contributed by atoms with Gasteiger partial charge in [0.25, 0.3) is 0 Å². The summed E-state index contributed by atoms with van der Waals surface area (Å²) in [6, 6.07) is 6.10. The number of nitrogens with two attached hydrogens (primary N) is 1. The molecule has 0 spiro atoms. The van der Waals surface area contributed by atoms with Crippen LogP contribution in [0.2, 0.25) is 0 Å². The Morgan fingerprint density at radius 2 is 2.12 bits per heavy atom. The summed E-state index contributed by atoms with van der Waals surface area (Å²) >= 11 is 0. The minimum atomic E-state index is 0.0547. The zero-order valence-electron chi connectivity index (χ0n) is 10.3. The Hall–Kier alpha value is -1.22. The minimum absolute atomic E-state index is 0.0547. The maximum Gasteiger partial charge on any atom is 0.0694 e. The summed E-state index contributed by atoms with van der Waals surface area (Å²) in [5.74, 6) is 0. The highest BCUT2D eigenvalue weighted by molar-refractivity contribution is 5.60. The summed E-state index contributed by atoms with van der Waals surface area (Å²) in [6.07, 6.45) is 0. The number of hydrogen-bond acceptors (Lipinski definition) is 3. The third-order valence-electron chi connectivity index (χ3n) is 3.16. The van der Waals surface area contributed by atoms with E-state index in [0.717, 1.165) is 25.4 Å². The van der Waals surface area contributed by atoms with Gasteiger partial charge < -0.3 is 15.4 Å². The van der Waals surface area contributed by atoms with E-state index in [9.17, 15) is 0 Å². The molecule has 0 aliphatic carbocycles. The molecule has 2 rings (SSSR count). The molecule has 0 radical (unpaired) electrons. The van der Waals surface area contributed by atoms with Crippen molar-refractivity contribution in [3.05, 3.63) is 23.8 Å². The van der Waals surface area contributed by atoms with Crippen LogP contribution in [0.5, 0.6) is 0 Å². The highest BCUT2D eigenvalue weighted by Crippen LogP contribution is 2.30. The molecule has 2 N–H and O–H groups in total. The Kier molecular flexibility index (Phi) is 2.80. The molecule has 0 atom stereocenters. The third-order valence-corrected chi connectivity index (χ3v) is 3.16.